The molecule has 76 valence electrons. The van der Waals surface area contributed by atoms with Crippen LogP contribution in [0, 0.1) is 6.92 Å². The van der Waals surface area contributed by atoms with Gasteiger partial charge in [-0.2, -0.15) is 0 Å². The molecule has 0 aliphatic rings. The van der Waals surface area contributed by atoms with Gasteiger partial charge in [-0.1, -0.05) is 18.2 Å². The normalized spacial score (nSPS) is 10.0. The number of hydrogen-bond acceptors (Lipinski definition) is 3. The van der Waals surface area contributed by atoms with E-state index in [2.05, 4.69) is 0 Å². The van der Waals surface area contributed by atoms with Crippen LogP contribution in [0.25, 0.3) is 0 Å². The number of carbonyl (C=O) groups excluding carboxylic acids is 1. The molecule has 0 heterocycles. The Labute approximate surface area is 83.6 Å². The summed E-state index contributed by atoms with van der Waals surface area (Å²) in [5.41, 5.74) is 0.910. The predicted octanol–water partition coefficient (Wildman–Crippen LogP) is 2.92. The summed E-state index contributed by atoms with van der Waals surface area (Å²) in [6, 6.07) is 7.30. The maximum Gasteiger partial charge on any atom is 0.514 e. The van der Waals surface area contributed by atoms with Crippen LogP contribution in [0.1, 0.15) is 19.4 Å². The van der Waals surface area contributed by atoms with Crippen molar-refractivity contribution in [3.8, 4) is 5.75 Å². The SMILES string of the molecule is Cc1ccccc1OC(=O)OC(C)C. The molecule has 0 aliphatic heterocycles. The first-order valence-corrected chi connectivity index (χ1v) is 4.53. The molecule has 3 nitrogen and oxygen atoms in total. The third-order valence-electron chi connectivity index (χ3n) is 1.62. The van der Waals surface area contributed by atoms with Crippen molar-refractivity contribution in [2.45, 2.75) is 26.9 Å². The summed E-state index contributed by atoms with van der Waals surface area (Å²) < 4.78 is 9.84. The van der Waals surface area contributed by atoms with Crippen molar-refractivity contribution in [1.29, 1.82) is 0 Å². The van der Waals surface area contributed by atoms with Gasteiger partial charge >= 0.3 is 6.16 Å². The van der Waals surface area contributed by atoms with Crippen molar-refractivity contribution in [1.82, 2.24) is 0 Å². The van der Waals surface area contributed by atoms with Crippen molar-refractivity contribution in [2.75, 3.05) is 0 Å². The van der Waals surface area contributed by atoms with Crippen LogP contribution in [-0.4, -0.2) is 12.3 Å². The summed E-state index contributed by atoms with van der Waals surface area (Å²) in [6.07, 6.45) is -0.819. The van der Waals surface area contributed by atoms with E-state index in [1.165, 1.54) is 0 Å². The Kier molecular flexibility index (Phi) is 3.51. The fourth-order valence-corrected chi connectivity index (χ4v) is 0.977. The minimum Gasteiger partial charge on any atom is -0.431 e. The van der Waals surface area contributed by atoms with Crippen LogP contribution in [0.4, 0.5) is 4.79 Å². The number of ether oxygens (including phenoxy) is 2. The first-order chi connectivity index (χ1) is 6.59. The molecule has 1 rings (SSSR count). The second kappa shape index (κ2) is 4.65. The molecule has 14 heavy (non-hydrogen) atoms. The van der Waals surface area contributed by atoms with Crippen molar-refractivity contribution in [2.24, 2.45) is 0 Å². The molecule has 0 aromatic heterocycles. The van der Waals surface area contributed by atoms with Gasteiger partial charge in [0.1, 0.15) is 5.75 Å². The van der Waals surface area contributed by atoms with Crippen LogP contribution >= 0.6 is 0 Å². The van der Waals surface area contributed by atoms with Crippen molar-refractivity contribution in [3.05, 3.63) is 29.8 Å². The number of aryl methyl sites for hydroxylation is 1. The van der Waals surface area contributed by atoms with E-state index in [0.717, 1.165) is 5.56 Å². The Balaban J connectivity index is 2.61. The Bertz CT molecular complexity index is 318. The van der Waals surface area contributed by atoms with E-state index >= 15 is 0 Å². The quantitative estimate of drug-likeness (QED) is 0.536. The highest BCUT2D eigenvalue weighted by molar-refractivity contribution is 5.64. The van der Waals surface area contributed by atoms with Crippen molar-refractivity contribution < 1.29 is 14.3 Å². The Morgan fingerprint density at radius 1 is 1.29 bits per heavy atom. The molecule has 0 atom stereocenters. The average molecular weight is 194 g/mol. The standard InChI is InChI=1S/C11H14O3/c1-8(2)13-11(12)14-10-7-5-4-6-9(10)3/h4-8H,1-3H3. The molecule has 1 aromatic carbocycles. The lowest BCUT2D eigenvalue weighted by Gasteiger charge is -2.09. The number of para-hydroxylation sites is 1. The van der Waals surface area contributed by atoms with Crippen LogP contribution in [-0.2, 0) is 4.74 Å². The molecule has 0 aliphatic carbocycles. The van der Waals surface area contributed by atoms with E-state index in [1.807, 2.05) is 25.1 Å². The van der Waals surface area contributed by atoms with E-state index in [4.69, 9.17) is 9.47 Å². The summed E-state index contributed by atoms with van der Waals surface area (Å²) in [5, 5.41) is 0. The summed E-state index contributed by atoms with van der Waals surface area (Å²) in [6.45, 7) is 5.43. The largest absolute Gasteiger partial charge is 0.514 e. The molecule has 3 heteroatoms. The van der Waals surface area contributed by atoms with Gasteiger partial charge in [0.2, 0.25) is 0 Å². The zero-order chi connectivity index (χ0) is 10.6. The third kappa shape index (κ3) is 3.09. The molecule has 0 spiro atoms. The third-order valence-corrected chi connectivity index (χ3v) is 1.62. The zero-order valence-corrected chi connectivity index (χ0v) is 8.61. The second-order valence-corrected chi connectivity index (χ2v) is 3.28. The number of rotatable bonds is 2. The van der Waals surface area contributed by atoms with Crippen LogP contribution in [0.5, 0.6) is 5.75 Å². The van der Waals surface area contributed by atoms with Crippen LogP contribution in [0.3, 0.4) is 0 Å². The van der Waals surface area contributed by atoms with Gasteiger partial charge in [-0.25, -0.2) is 4.79 Å². The Hall–Kier alpha value is -1.51. The predicted molar refractivity (Wildman–Crippen MR) is 53.4 cm³/mol. The van der Waals surface area contributed by atoms with E-state index < -0.39 is 6.16 Å². The summed E-state index contributed by atoms with van der Waals surface area (Å²) in [7, 11) is 0. The van der Waals surface area contributed by atoms with E-state index in [9.17, 15) is 4.79 Å². The van der Waals surface area contributed by atoms with Crippen molar-refractivity contribution in [3.63, 3.8) is 0 Å². The molecule has 0 fully saturated rings. The van der Waals surface area contributed by atoms with Gasteiger partial charge in [0.25, 0.3) is 0 Å². The molecule has 0 amide bonds. The highest BCUT2D eigenvalue weighted by Gasteiger charge is 2.09. The molecular weight excluding hydrogens is 180 g/mol. The highest BCUT2D eigenvalue weighted by atomic mass is 16.7. The minimum absolute atomic E-state index is 0.161. The highest BCUT2D eigenvalue weighted by Crippen LogP contribution is 2.16. The fourth-order valence-electron chi connectivity index (χ4n) is 0.977. The van der Waals surface area contributed by atoms with Gasteiger partial charge in [-0.15, -0.1) is 0 Å². The van der Waals surface area contributed by atoms with E-state index in [0.29, 0.717) is 5.75 Å². The van der Waals surface area contributed by atoms with Gasteiger partial charge in [0.15, 0.2) is 0 Å². The smallest absolute Gasteiger partial charge is 0.431 e. The second-order valence-electron chi connectivity index (χ2n) is 3.28. The van der Waals surface area contributed by atoms with Gasteiger partial charge in [0, 0.05) is 0 Å². The van der Waals surface area contributed by atoms with Gasteiger partial charge in [0.05, 0.1) is 6.10 Å². The average Bonchev–Trinajstić information content (AvgIpc) is 2.07. The summed E-state index contributed by atoms with van der Waals surface area (Å²) >= 11 is 0. The summed E-state index contributed by atoms with van der Waals surface area (Å²) in [5.74, 6) is 0.540. The number of hydrogen-bond donors (Lipinski definition) is 0. The van der Waals surface area contributed by atoms with Gasteiger partial charge < -0.3 is 9.47 Å². The van der Waals surface area contributed by atoms with Crippen LogP contribution < -0.4 is 4.74 Å². The molecule has 0 radical (unpaired) electrons. The first kappa shape index (κ1) is 10.6. The van der Waals surface area contributed by atoms with Gasteiger partial charge in [-0.3, -0.25) is 0 Å². The molecule has 1 aromatic rings. The summed E-state index contributed by atoms with van der Waals surface area (Å²) in [4.78, 5) is 11.1. The van der Waals surface area contributed by atoms with Crippen molar-refractivity contribution >= 4 is 6.16 Å². The van der Waals surface area contributed by atoms with Crippen LogP contribution in [0.15, 0.2) is 24.3 Å². The maximum atomic E-state index is 11.1. The van der Waals surface area contributed by atoms with Gasteiger partial charge in [-0.05, 0) is 32.4 Å². The maximum absolute atomic E-state index is 11.1. The minimum atomic E-state index is -0.658. The Morgan fingerprint density at radius 2 is 1.93 bits per heavy atom. The lowest BCUT2D eigenvalue weighted by molar-refractivity contribution is 0.0727. The van der Waals surface area contributed by atoms with E-state index in [-0.39, 0.29) is 6.10 Å². The fraction of sp³-hybridized carbons (Fsp3) is 0.364. The number of benzene rings is 1. The van der Waals surface area contributed by atoms with E-state index in [1.54, 1.807) is 19.9 Å². The Morgan fingerprint density at radius 3 is 2.50 bits per heavy atom. The zero-order valence-electron chi connectivity index (χ0n) is 8.61. The first-order valence-electron chi connectivity index (χ1n) is 4.53. The topological polar surface area (TPSA) is 35.5 Å². The molecule has 0 bridgehead atoms. The monoisotopic (exact) mass is 194 g/mol. The molecule has 0 unspecified atom stereocenters. The number of carbonyl (C=O) groups is 1. The molecule has 0 saturated carbocycles. The molecular formula is C11H14O3. The lowest BCUT2D eigenvalue weighted by atomic mass is 10.2. The van der Waals surface area contributed by atoms with Crippen LogP contribution in [0.2, 0.25) is 0 Å². The molecule has 0 N–H and O–H groups in total. The lowest BCUT2D eigenvalue weighted by Crippen LogP contribution is -2.15. The molecule has 0 saturated heterocycles.